The van der Waals surface area contributed by atoms with Crippen molar-refractivity contribution in [3.8, 4) is 0 Å². The van der Waals surface area contributed by atoms with E-state index in [0.717, 1.165) is 45.6 Å². The van der Waals surface area contributed by atoms with Crippen LogP contribution in [-0.4, -0.2) is 63.5 Å². The lowest BCUT2D eigenvalue weighted by atomic mass is 9.81. The molecule has 0 spiro atoms. The minimum absolute atomic E-state index is 0.338. The lowest BCUT2D eigenvalue weighted by molar-refractivity contribution is -0.0265. The van der Waals surface area contributed by atoms with Crippen LogP contribution in [0.3, 0.4) is 0 Å². The fraction of sp³-hybridized carbons (Fsp3) is 1.00. The second kappa shape index (κ2) is 6.53. The van der Waals surface area contributed by atoms with E-state index in [4.69, 9.17) is 9.47 Å². The first kappa shape index (κ1) is 13.8. The van der Waals surface area contributed by atoms with Crippen LogP contribution in [0.1, 0.15) is 32.1 Å². The molecule has 2 aliphatic heterocycles. The Bertz CT molecular complexity index is 267. The first-order chi connectivity index (χ1) is 9.36. The molecule has 4 heteroatoms. The molecule has 0 amide bonds. The predicted octanol–water partition coefficient (Wildman–Crippen LogP) is 1.26. The molecule has 4 nitrogen and oxygen atoms in total. The summed E-state index contributed by atoms with van der Waals surface area (Å²) in [5.74, 6) is 0. The van der Waals surface area contributed by atoms with Gasteiger partial charge in [0.2, 0.25) is 0 Å². The Morgan fingerprint density at radius 3 is 2.74 bits per heavy atom. The lowest BCUT2D eigenvalue weighted by Crippen LogP contribution is -2.49. The third-order valence-corrected chi connectivity index (χ3v) is 4.62. The van der Waals surface area contributed by atoms with Crippen molar-refractivity contribution in [3.63, 3.8) is 0 Å². The minimum atomic E-state index is 0.338. The molecule has 1 saturated carbocycles. The van der Waals surface area contributed by atoms with Crippen molar-refractivity contribution in [2.24, 2.45) is 5.41 Å². The van der Waals surface area contributed by atoms with Crippen molar-refractivity contribution in [3.05, 3.63) is 0 Å². The Morgan fingerprint density at radius 2 is 1.95 bits per heavy atom. The van der Waals surface area contributed by atoms with Crippen LogP contribution in [-0.2, 0) is 9.47 Å². The first-order valence-electron chi connectivity index (χ1n) is 7.98. The molecule has 110 valence electrons. The highest BCUT2D eigenvalue weighted by Crippen LogP contribution is 2.31. The van der Waals surface area contributed by atoms with Gasteiger partial charge in [0, 0.05) is 50.8 Å². The molecule has 2 saturated heterocycles. The molecule has 1 aliphatic carbocycles. The molecular formula is C15H28N2O2. The van der Waals surface area contributed by atoms with Crippen molar-refractivity contribution < 1.29 is 9.47 Å². The van der Waals surface area contributed by atoms with Gasteiger partial charge in [-0.3, -0.25) is 0 Å². The maximum Gasteiger partial charge on any atom is 0.0593 e. The molecule has 0 aromatic rings. The van der Waals surface area contributed by atoms with Gasteiger partial charge in [0.1, 0.15) is 0 Å². The van der Waals surface area contributed by atoms with E-state index in [1.54, 1.807) is 0 Å². The van der Waals surface area contributed by atoms with E-state index >= 15 is 0 Å². The fourth-order valence-corrected chi connectivity index (χ4v) is 3.31. The van der Waals surface area contributed by atoms with E-state index in [1.165, 1.54) is 45.2 Å². The van der Waals surface area contributed by atoms with Gasteiger partial charge in [-0.2, -0.15) is 0 Å². The quantitative estimate of drug-likeness (QED) is 0.814. The number of hydrogen-bond acceptors (Lipinski definition) is 4. The summed E-state index contributed by atoms with van der Waals surface area (Å²) < 4.78 is 11.4. The van der Waals surface area contributed by atoms with E-state index in [0.29, 0.717) is 5.41 Å². The second-order valence-electron chi connectivity index (χ2n) is 6.55. The van der Waals surface area contributed by atoms with Crippen molar-refractivity contribution in [2.75, 3.05) is 52.6 Å². The number of nitrogens with zero attached hydrogens (tertiary/aromatic N) is 1. The van der Waals surface area contributed by atoms with Gasteiger partial charge in [0.25, 0.3) is 0 Å². The van der Waals surface area contributed by atoms with E-state index in [-0.39, 0.29) is 0 Å². The van der Waals surface area contributed by atoms with Crippen LogP contribution in [0.4, 0.5) is 0 Å². The summed E-state index contributed by atoms with van der Waals surface area (Å²) in [5, 5.41) is 3.73. The maximum absolute atomic E-state index is 5.81. The summed E-state index contributed by atoms with van der Waals surface area (Å²) in [6.45, 7) is 8.30. The summed E-state index contributed by atoms with van der Waals surface area (Å²) >= 11 is 0. The highest BCUT2D eigenvalue weighted by atomic mass is 16.5. The normalized spacial score (nSPS) is 34.1. The second-order valence-corrected chi connectivity index (χ2v) is 6.55. The van der Waals surface area contributed by atoms with Gasteiger partial charge < -0.3 is 19.7 Å². The molecule has 3 fully saturated rings. The maximum atomic E-state index is 5.81. The van der Waals surface area contributed by atoms with Gasteiger partial charge in [0.05, 0.1) is 13.2 Å². The highest BCUT2D eigenvalue weighted by molar-refractivity contribution is 4.91. The molecule has 1 atom stereocenters. The van der Waals surface area contributed by atoms with Crippen LogP contribution in [0.2, 0.25) is 0 Å². The van der Waals surface area contributed by atoms with Gasteiger partial charge >= 0.3 is 0 Å². The first-order valence-corrected chi connectivity index (χ1v) is 7.98. The zero-order chi connectivity index (χ0) is 13.0. The Morgan fingerprint density at radius 1 is 1.05 bits per heavy atom. The van der Waals surface area contributed by atoms with E-state index in [2.05, 4.69) is 10.2 Å². The van der Waals surface area contributed by atoms with E-state index < -0.39 is 0 Å². The minimum Gasteiger partial charge on any atom is -0.381 e. The standard InChI is InChI=1S/C15H28N2O2/c1-5-15(13-19-8-1,11-16-14-3-4-14)12-17-6-2-9-18-10-7-17/h14,16H,1-13H2. The molecule has 1 unspecified atom stereocenters. The third-order valence-electron chi connectivity index (χ3n) is 4.62. The smallest absolute Gasteiger partial charge is 0.0593 e. The summed E-state index contributed by atoms with van der Waals surface area (Å²) in [5.41, 5.74) is 0.338. The summed E-state index contributed by atoms with van der Waals surface area (Å²) in [6.07, 6.45) is 6.44. The summed E-state index contributed by atoms with van der Waals surface area (Å²) in [7, 11) is 0. The van der Waals surface area contributed by atoms with E-state index in [1.807, 2.05) is 0 Å². The zero-order valence-electron chi connectivity index (χ0n) is 12.0. The zero-order valence-corrected chi connectivity index (χ0v) is 12.0. The van der Waals surface area contributed by atoms with Crippen molar-refractivity contribution >= 4 is 0 Å². The molecular weight excluding hydrogens is 240 g/mol. The van der Waals surface area contributed by atoms with Crippen LogP contribution in [0.25, 0.3) is 0 Å². The molecule has 0 aromatic heterocycles. The van der Waals surface area contributed by atoms with Gasteiger partial charge in [-0.05, 0) is 32.1 Å². The molecule has 19 heavy (non-hydrogen) atoms. The van der Waals surface area contributed by atoms with Crippen LogP contribution in [0.15, 0.2) is 0 Å². The number of rotatable bonds is 5. The topological polar surface area (TPSA) is 33.7 Å². The lowest BCUT2D eigenvalue weighted by Gasteiger charge is -2.41. The average Bonchev–Trinajstić information content (AvgIpc) is 3.26. The fourth-order valence-electron chi connectivity index (χ4n) is 3.31. The predicted molar refractivity (Wildman–Crippen MR) is 75.4 cm³/mol. The van der Waals surface area contributed by atoms with Gasteiger partial charge in [-0.1, -0.05) is 0 Å². The molecule has 2 heterocycles. The van der Waals surface area contributed by atoms with Gasteiger partial charge in [-0.25, -0.2) is 0 Å². The monoisotopic (exact) mass is 268 g/mol. The molecule has 0 bridgehead atoms. The number of nitrogens with one attached hydrogen (secondary N) is 1. The number of hydrogen-bond donors (Lipinski definition) is 1. The highest BCUT2D eigenvalue weighted by Gasteiger charge is 2.36. The van der Waals surface area contributed by atoms with E-state index in [9.17, 15) is 0 Å². The van der Waals surface area contributed by atoms with Gasteiger partial charge in [0.15, 0.2) is 0 Å². The van der Waals surface area contributed by atoms with Crippen LogP contribution in [0, 0.1) is 5.41 Å². The third kappa shape index (κ3) is 4.15. The molecule has 3 rings (SSSR count). The average molecular weight is 268 g/mol. The summed E-state index contributed by atoms with van der Waals surface area (Å²) in [4.78, 5) is 2.59. The van der Waals surface area contributed by atoms with Crippen LogP contribution < -0.4 is 5.32 Å². The SMILES string of the molecule is C1COCCN(CC2(CNC3CC3)CCCOC2)C1. The Balaban J connectivity index is 1.56. The van der Waals surface area contributed by atoms with Gasteiger partial charge in [-0.15, -0.1) is 0 Å². The van der Waals surface area contributed by atoms with Crippen LogP contribution in [0.5, 0.6) is 0 Å². The van der Waals surface area contributed by atoms with Crippen molar-refractivity contribution in [1.82, 2.24) is 10.2 Å². The molecule has 0 radical (unpaired) electrons. The molecule has 3 aliphatic rings. The Kier molecular flexibility index (Phi) is 4.74. The molecule has 1 N–H and O–H groups in total. The largest absolute Gasteiger partial charge is 0.381 e. The van der Waals surface area contributed by atoms with Crippen molar-refractivity contribution in [1.29, 1.82) is 0 Å². The summed E-state index contributed by atoms with van der Waals surface area (Å²) in [6, 6.07) is 0.797. The van der Waals surface area contributed by atoms with Crippen molar-refractivity contribution in [2.45, 2.75) is 38.1 Å². The molecule has 0 aromatic carbocycles. The van der Waals surface area contributed by atoms with Crippen LogP contribution >= 0.6 is 0 Å². The Hall–Kier alpha value is -0.160. The Labute approximate surface area is 116 Å². The number of ether oxygens (including phenoxy) is 2.